The van der Waals surface area contributed by atoms with Gasteiger partial charge in [0, 0.05) is 38.2 Å². The van der Waals surface area contributed by atoms with Crippen LogP contribution in [0.15, 0.2) is 24.3 Å². The third kappa shape index (κ3) is 5.01. The van der Waals surface area contributed by atoms with Crippen LogP contribution in [0.5, 0.6) is 11.5 Å². The molecule has 0 aliphatic carbocycles. The maximum absolute atomic E-state index is 12.1. The van der Waals surface area contributed by atoms with E-state index in [-0.39, 0.29) is 17.9 Å². The van der Waals surface area contributed by atoms with Gasteiger partial charge in [-0.05, 0) is 36.6 Å². The highest BCUT2D eigenvalue weighted by Crippen LogP contribution is 2.23. The number of hydrogen-bond acceptors (Lipinski definition) is 4. The summed E-state index contributed by atoms with van der Waals surface area (Å²) in [5, 5.41) is 2.98. The number of ether oxygens (including phenoxy) is 2. The Bertz CT molecular complexity index is 597. The lowest BCUT2D eigenvalue weighted by atomic mass is 10.0. The monoisotopic (exact) mass is 332 g/mol. The Morgan fingerprint density at radius 3 is 2.21 bits per heavy atom. The largest absolute Gasteiger partial charge is 0.497 e. The Morgan fingerprint density at radius 2 is 1.71 bits per heavy atom. The average molecular weight is 332 g/mol. The molecule has 0 spiro atoms. The van der Waals surface area contributed by atoms with Gasteiger partial charge in [-0.2, -0.15) is 0 Å². The zero-order valence-corrected chi connectivity index (χ0v) is 14.4. The van der Waals surface area contributed by atoms with Crippen molar-refractivity contribution in [3.8, 4) is 11.5 Å². The van der Waals surface area contributed by atoms with Crippen LogP contribution in [-0.2, 0) is 9.59 Å². The van der Waals surface area contributed by atoms with Crippen molar-refractivity contribution in [3.63, 3.8) is 0 Å². The molecule has 130 valence electrons. The molecule has 1 aromatic carbocycles. The highest BCUT2D eigenvalue weighted by Gasteiger charge is 2.21. The Kier molecular flexibility index (Phi) is 6.23. The zero-order valence-electron chi connectivity index (χ0n) is 14.4. The number of carbonyl (C=O) groups excluding carboxylic acids is 2. The second-order valence-electron chi connectivity index (χ2n) is 5.77. The summed E-state index contributed by atoms with van der Waals surface area (Å²) in [5.41, 5.74) is 0.827. The van der Waals surface area contributed by atoms with Crippen molar-refractivity contribution < 1.29 is 19.1 Å². The van der Waals surface area contributed by atoms with Gasteiger partial charge in [0.15, 0.2) is 0 Å². The molecular formula is C18H24N2O4. The molecule has 6 heteroatoms. The number of nitrogens with zero attached hydrogens (tertiary/aromatic N) is 1. The van der Waals surface area contributed by atoms with Crippen LogP contribution in [0, 0.1) is 0 Å². The molecule has 1 aromatic rings. The van der Waals surface area contributed by atoms with Crippen LogP contribution in [-0.4, -0.2) is 50.1 Å². The molecule has 0 radical (unpaired) electrons. The van der Waals surface area contributed by atoms with Gasteiger partial charge in [0.25, 0.3) is 0 Å². The van der Waals surface area contributed by atoms with Crippen molar-refractivity contribution in [2.24, 2.45) is 0 Å². The van der Waals surface area contributed by atoms with Crippen LogP contribution in [0.1, 0.15) is 25.3 Å². The van der Waals surface area contributed by atoms with Crippen molar-refractivity contribution in [2.75, 3.05) is 27.3 Å². The number of carbonyl (C=O) groups is 2. The smallest absolute Gasteiger partial charge is 0.244 e. The molecule has 0 unspecified atom stereocenters. The summed E-state index contributed by atoms with van der Waals surface area (Å²) < 4.78 is 10.4. The van der Waals surface area contributed by atoms with Crippen LogP contribution < -0.4 is 14.8 Å². The van der Waals surface area contributed by atoms with Crippen molar-refractivity contribution >= 4 is 17.9 Å². The quantitative estimate of drug-likeness (QED) is 0.836. The predicted molar refractivity (Wildman–Crippen MR) is 92.0 cm³/mol. The minimum absolute atomic E-state index is 0.0895. The minimum Gasteiger partial charge on any atom is -0.497 e. The molecular weight excluding hydrogens is 308 g/mol. The van der Waals surface area contributed by atoms with Gasteiger partial charge in [0.1, 0.15) is 11.5 Å². The maximum Gasteiger partial charge on any atom is 0.244 e. The Balaban J connectivity index is 1.90. The van der Waals surface area contributed by atoms with E-state index in [0.29, 0.717) is 24.6 Å². The summed E-state index contributed by atoms with van der Waals surface area (Å²) in [7, 11) is 3.17. The number of rotatable bonds is 5. The molecule has 0 atom stereocenters. The molecule has 0 aromatic heterocycles. The Hall–Kier alpha value is -2.50. The normalized spacial score (nSPS) is 15.4. The third-order valence-electron chi connectivity index (χ3n) is 4.09. The molecule has 1 saturated heterocycles. The number of hydrogen-bond donors (Lipinski definition) is 1. The number of methoxy groups -OCH3 is 2. The average Bonchev–Trinajstić information content (AvgIpc) is 2.60. The van der Waals surface area contributed by atoms with Crippen LogP contribution >= 0.6 is 0 Å². The lowest BCUT2D eigenvalue weighted by Crippen LogP contribution is -2.45. The molecule has 1 aliphatic heterocycles. The fraction of sp³-hybridized carbons (Fsp3) is 0.444. The minimum atomic E-state index is -0.141. The van der Waals surface area contributed by atoms with E-state index in [2.05, 4.69) is 5.32 Å². The van der Waals surface area contributed by atoms with E-state index in [0.717, 1.165) is 18.4 Å². The number of nitrogens with one attached hydrogen (secondary N) is 1. The third-order valence-corrected chi connectivity index (χ3v) is 4.09. The van der Waals surface area contributed by atoms with E-state index in [1.54, 1.807) is 38.2 Å². The molecule has 0 saturated carbocycles. The van der Waals surface area contributed by atoms with E-state index in [4.69, 9.17) is 9.47 Å². The fourth-order valence-corrected chi connectivity index (χ4v) is 2.69. The summed E-state index contributed by atoms with van der Waals surface area (Å²) in [4.78, 5) is 25.2. The van der Waals surface area contributed by atoms with Crippen LogP contribution in [0.25, 0.3) is 6.08 Å². The molecule has 6 nitrogen and oxygen atoms in total. The number of benzene rings is 1. The zero-order chi connectivity index (χ0) is 17.5. The van der Waals surface area contributed by atoms with Crippen molar-refractivity contribution in [2.45, 2.75) is 25.8 Å². The van der Waals surface area contributed by atoms with Gasteiger partial charge < -0.3 is 19.7 Å². The first-order valence-corrected chi connectivity index (χ1v) is 7.99. The summed E-state index contributed by atoms with van der Waals surface area (Å²) in [6.45, 7) is 2.96. The summed E-state index contributed by atoms with van der Waals surface area (Å²) in [6, 6.07) is 5.55. The van der Waals surface area contributed by atoms with Gasteiger partial charge in [0.2, 0.25) is 11.8 Å². The molecule has 0 bridgehead atoms. The number of likely N-dealkylation sites (tertiary alicyclic amines) is 1. The maximum atomic E-state index is 12.1. The molecule has 1 N–H and O–H groups in total. The second kappa shape index (κ2) is 8.38. The molecule has 1 aliphatic rings. The first-order valence-electron chi connectivity index (χ1n) is 7.99. The van der Waals surface area contributed by atoms with Gasteiger partial charge in [-0.15, -0.1) is 0 Å². The summed E-state index contributed by atoms with van der Waals surface area (Å²) >= 11 is 0. The van der Waals surface area contributed by atoms with E-state index in [1.807, 2.05) is 12.1 Å². The molecule has 1 heterocycles. The summed E-state index contributed by atoms with van der Waals surface area (Å²) in [5.74, 6) is 1.29. The Morgan fingerprint density at radius 1 is 1.12 bits per heavy atom. The van der Waals surface area contributed by atoms with Gasteiger partial charge in [0.05, 0.1) is 14.2 Å². The van der Waals surface area contributed by atoms with E-state index in [9.17, 15) is 9.59 Å². The van der Waals surface area contributed by atoms with Crippen molar-refractivity contribution in [1.29, 1.82) is 0 Å². The lowest BCUT2D eigenvalue weighted by molar-refractivity contribution is -0.129. The SMILES string of the molecule is COc1cc(C=CC(=O)NC2CCN(C(C)=O)CC2)cc(OC)c1. The van der Waals surface area contributed by atoms with Crippen molar-refractivity contribution in [3.05, 3.63) is 29.8 Å². The molecule has 2 rings (SSSR count). The molecule has 24 heavy (non-hydrogen) atoms. The molecule has 2 amide bonds. The van der Waals surface area contributed by atoms with Gasteiger partial charge in [-0.1, -0.05) is 0 Å². The van der Waals surface area contributed by atoms with E-state index >= 15 is 0 Å². The van der Waals surface area contributed by atoms with Gasteiger partial charge in [-0.25, -0.2) is 0 Å². The van der Waals surface area contributed by atoms with Crippen LogP contribution in [0.2, 0.25) is 0 Å². The lowest BCUT2D eigenvalue weighted by Gasteiger charge is -2.31. The van der Waals surface area contributed by atoms with Gasteiger partial charge >= 0.3 is 0 Å². The number of amides is 2. The second-order valence-corrected chi connectivity index (χ2v) is 5.77. The van der Waals surface area contributed by atoms with E-state index in [1.165, 1.54) is 6.08 Å². The van der Waals surface area contributed by atoms with Crippen LogP contribution in [0.4, 0.5) is 0 Å². The predicted octanol–water partition coefficient (Wildman–Crippen LogP) is 1.84. The topological polar surface area (TPSA) is 67.9 Å². The highest BCUT2D eigenvalue weighted by atomic mass is 16.5. The standard InChI is InChI=1S/C18H24N2O4/c1-13(21)20-8-6-15(7-9-20)19-18(22)5-4-14-10-16(23-2)12-17(11-14)24-3/h4-5,10-12,15H,6-9H2,1-3H3,(H,19,22). The van der Waals surface area contributed by atoms with Crippen molar-refractivity contribution in [1.82, 2.24) is 10.2 Å². The first kappa shape index (κ1) is 17.8. The van der Waals surface area contributed by atoms with Gasteiger partial charge in [-0.3, -0.25) is 9.59 Å². The summed E-state index contributed by atoms with van der Waals surface area (Å²) in [6.07, 6.45) is 4.80. The molecule has 1 fully saturated rings. The highest BCUT2D eigenvalue weighted by molar-refractivity contribution is 5.92. The fourth-order valence-electron chi connectivity index (χ4n) is 2.69. The Labute approximate surface area is 142 Å². The van der Waals surface area contributed by atoms with E-state index < -0.39 is 0 Å². The number of piperidine rings is 1. The first-order chi connectivity index (χ1) is 11.5. The van der Waals surface area contributed by atoms with Crippen LogP contribution in [0.3, 0.4) is 0 Å².